The summed E-state index contributed by atoms with van der Waals surface area (Å²) in [6.45, 7) is 2.20. The fraction of sp³-hybridized carbons (Fsp3) is 0.333. The van der Waals surface area contributed by atoms with Gasteiger partial charge in [-0.3, -0.25) is 0 Å². The Morgan fingerprint density at radius 1 is 1.11 bits per heavy atom. The first-order chi connectivity index (χ1) is 12.6. The molecule has 3 aromatic rings. The number of aromatic nitrogens is 1. The number of benzene rings is 1. The number of carboxylic acid groups (broad SMARTS) is 1. The van der Waals surface area contributed by atoms with Gasteiger partial charge in [0, 0.05) is 21.8 Å². The van der Waals surface area contributed by atoms with E-state index in [1.54, 1.807) is 18.2 Å². The number of carboxylic acids is 1. The number of halogens is 1. The maximum absolute atomic E-state index is 11.5. The maximum atomic E-state index is 11.5. The van der Waals surface area contributed by atoms with Gasteiger partial charge in [0.05, 0.1) is 11.5 Å². The van der Waals surface area contributed by atoms with Crippen molar-refractivity contribution in [1.82, 2.24) is 4.98 Å². The number of nitrogens with zero attached hydrogens (tertiary/aromatic N) is 1. The molecule has 0 atom stereocenters. The van der Waals surface area contributed by atoms with Crippen molar-refractivity contribution in [2.75, 3.05) is 0 Å². The largest absolute Gasteiger partial charge is 1.00 e. The minimum absolute atomic E-state index is 0. The maximum Gasteiger partial charge on any atom is 1.00 e. The van der Waals surface area contributed by atoms with Gasteiger partial charge in [0.1, 0.15) is 11.5 Å². The number of fused-ring (bicyclic) bond motifs is 1. The van der Waals surface area contributed by atoms with Gasteiger partial charge in [-0.2, -0.15) is 0 Å². The number of hydrogen-bond donors (Lipinski definition) is 0. The van der Waals surface area contributed by atoms with Gasteiger partial charge in [-0.25, -0.2) is 4.98 Å². The fourth-order valence-corrected chi connectivity index (χ4v) is 3.40. The van der Waals surface area contributed by atoms with Crippen LogP contribution in [0.5, 0.6) is 0 Å². The van der Waals surface area contributed by atoms with Gasteiger partial charge in [-0.1, -0.05) is 54.6 Å². The average Bonchev–Trinajstić information content (AvgIpc) is 3.09. The summed E-state index contributed by atoms with van der Waals surface area (Å²) in [6.07, 6.45) is 6.92. The SMILES string of the molecule is CCCCCCCc1ccc(-c2cc(C(=O)[O-])c3ccc(Br)cc3n2)o1.[K+]. The molecule has 27 heavy (non-hydrogen) atoms. The van der Waals surface area contributed by atoms with Crippen molar-refractivity contribution in [1.29, 1.82) is 0 Å². The molecule has 0 amide bonds. The van der Waals surface area contributed by atoms with E-state index in [9.17, 15) is 9.90 Å². The smallest absolute Gasteiger partial charge is 0.545 e. The van der Waals surface area contributed by atoms with Crippen LogP contribution in [0.15, 0.2) is 45.3 Å². The van der Waals surface area contributed by atoms with Crippen LogP contribution in [-0.2, 0) is 6.42 Å². The van der Waals surface area contributed by atoms with Gasteiger partial charge in [0.15, 0.2) is 5.76 Å². The Hall–Kier alpha value is -0.504. The van der Waals surface area contributed by atoms with E-state index < -0.39 is 5.97 Å². The molecule has 3 rings (SSSR count). The second-order valence-electron chi connectivity index (χ2n) is 6.43. The van der Waals surface area contributed by atoms with E-state index in [0.717, 1.165) is 23.1 Å². The van der Waals surface area contributed by atoms with E-state index in [4.69, 9.17) is 4.42 Å². The molecule has 0 aliphatic carbocycles. The number of hydrogen-bond acceptors (Lipinski definition) is 4. The molecule has 6 heteroatoms. The van der Waals surface area contributed by atoms with Crippen LogP contribution in [0.1, 0.15) is 55.1 Å². The van der Waals surface area contributed by atoms with E-state index in [1.807, 2.05) is 12.1 Å². The number of furan rings is 1. The van der Waals surface area contributed by atoms with Crippen LogP contribution in [0.25, 0.3) is 22.4 Å². The van der Waals surface area contributed by atoms with Crippen LogP contribution in [0.4, 0.5) is 0 Å². The first kappa shape index (κ1) is 22.8. The van der Waals surface area contributed by atoms with Gasteiger partial charge in [-0.05, 0) is 36.8 Å². The van der Waals surface area contributed by atoms with E-state index >= 15 is 0 Å². The molecule has 2 heterocycles. The molecular weight excluding hydrogens is 433 g/mol. The number of carbonyl (C=O) groups is 1. The zero-order valence-corrected chi connectivity index (χ0v) is 20.5. The zero-order valence-electron chi connectivity index (χ0n) is 15.8. The number of aryl methyl sites for hydroxylation is 1. The Bertz CT molecular complexity index is 923. The first-order valence-corrected chi connectivity index (χ1v) is 9.78. The Balaban J connectivity index is 0.00000261. The van der Waals surface area contributed by atoms with Crippen molar-refractivity contribution >= 4 is 32.8 Å². The third-order valence-electron chi connectivity index (χ3n) is 4.43. The number of pyridine rings is 1. The van der Waals surface area contributed by atoms with Crippen molar-refractivity contribution in [3.63, 3.8) is 0 Å². The van der Waals surface area contributed by atoms with E-state index in [2.05, 4.69) is 27.8 Å². The Morgan fingerprint density at radius 3 is 2.63 bits per heavy atom. The molecule has 0 saturated heterocycles. The molecule has 0 unspecified atom stereocenters. The molecule has 0 N–H and O–H groups in total. The van der Waals surface area contributed by atoms with Gasteiger partial charge >= 0.3 is 51.4 Å². The molecule has 0 spiro atoms. The quantitative estimate of drug-likeness (QED) is 0.387. The van der Waals surface area contributed by atoms with Gasteiger partial charge in [-0.15, -0.1) is 0 Å². The number of unbranched alkanes of at least 4 members (excludes halogenated alkanes) is 4. The molecule has 0 saturated carbocycles. The minimum atomic E-state index is -1.22. The van der Waals surface area contributed by atoms with E-state index in [0.29, 0.717) is 22.4 Å². The number of rotatable bonds is 8. The topological polar surface area (TPSA) is 66.2 Å². The van der Waals surface area contributed by atoms with Crippen LogP contribution in [0.3, 0.4) is 0 Å². The molecule has 2 aromatic heterocycles. The monoisotopic (exact) mass is 453 g/mol. The third kappa shape index (κ3) is 5.98. The summed E-state index contributed by atoms with van der Waals surface area (Å²) in [4.78, 5) is 16.1. The standard InChI is InChI=1S/C21H22BrNO3.K/c1-2-3-4-5-6-7-15-9-11-20(26-15)19-13-17(21(24)25)16-10-8-14(22)12-18(16)23-19;/h8-13H,2-7H2,1H3,(H,24,25);/q;+1/p-1. The van der Waals surface area contributed by atoms with Crippen molar-refractivity contribution < 1.29 is 65.7 Å². The van der Waals surface area contributed by atoms with Crippen LogP contribution in [0.2, 0.25) is 0 Å². The predicted molar refractivity (Wildman–Crippen MR) is 104 cm³/mol. The summed E-state index contributed by atoms with van der Waals surface area (Å²) >= 11 is 3.40. The zero-order chi connectivity index (χ0) is 18.5. The van der Waals surface area contributed by atoms with Crippen LogP contribution in [0, 0.1) is 0 Å². The Kier molecular flexibility index (Phi) is 9.18. The number of carbonyl (C=O) groups excluding carboxylic acids is 1. The van der Waals surface area contributed by atoms with Crippen molar-refractivity contribution in [2.45, 2.75) is 45.4 Å². The molecule has 0 aliphatic heterocycles. The summed E-state index contributed by atoms with van der Waals surface area (Å²) < 4.78 is 6.74. The summed E-state index contributed by atoms with van der Waals surface area (Å²) in [7, 11) is 0. The third-order valence-corrected chi connectivity index (χ3v) is 4.93. The van der Waals surface area contributed by atoms with Crippen LogP contribution >= 0.6 is 15.9 Å². The molecular formula is C21H21BrKNO3. The molecule has 0 aliphatic rings. The minimum Gasteiger partial charge on any atom is -0.545 e. The molecule has 1 aromatic carbocycles. The predicted octanol–water partition coefficient (Wildman–Crippen LogP) is 2.14. The molecule has 0 fully saturated rings. The molecule has 0 bridgehead atoms. The van der Waals surface area contributed by atoms with Gasteiger partial charge in [0.2, 0.25) is 0 Å². The second kappa shape index (κ2) is 10.9. The summed E-state index contributed by atoms with van der Waals surface area (Å²) in [6, 6.07) is 10.6. The fourth-order valence-electron chi connectivity index (χ4n) is 3.05. The normalized spacial score (nSPS) is 10.7. The van der Waals surface area contributed by atoms with Crippen molar-refractivity contribution in [3.05, 3.63) is 52.2 Å². The van der Waals surface area contributed by atoms with Gasteiger partial charge < -0.3 is 14.3 Å². The van der Waals surface area contributed by atoms with Crippen molar-refractivity contribution in [3.8, 4) is 11.5 Å². The Morgan fingerprint density at radius 2 is 1.89 bits per heavy atom. The van der Waals surface area contributed by atoms with Gasteiger partial charge in [0.25, 0.3) is 0 Å². The number of aromatic carboxylic acids is 1. The van der Waals surface area contributed by atoms with Crippen LogP contribution in [-0.4, -0.2) is 11.0 Å². The molecule has 0 radical (unpaired) electrons. The molecule has 136 valence electrons. The van der Waals surface area contributed by atoms with Crippen molar-refractivity contribution in [2.24, 2.45) is 0 Å². The molecule has 4 nitrogen and oxygen atoms in total. The van der Waals surface area contributed by atoms with E-state index in [-0.39, 0.29) is 56.9 Å². The summed E-state index contributed by atoms with van der Waals surface area (Å²) in [5.41, 5.74) is 1.22. The first-order valence-electron chi connectivity index (χ1n) is 8.99. The Labute approximate surface area is 210 Å². The average molecular weight is 454 g/mol. The van der Waals surface area contributed by atoms with Crippen LogP contribution < -0.4 is 56.5 Å². The summed E-state index contributed by atoms with van der Waals surface area (Å²) in [5, 5.41) is 12.1. The summed E-state index contributed by atoms with van der Waals surface area (Å²) in [5.74, 6) is 0.268. The van der Waals surface area contributed by atoms with E-state index in [1.165, 1.54) is 31.7 Å². The second-order valence-corrected chi connectivity index (χ2v) is 7.35.